The normalized spacial score (nSPS) is 11.1. The summed E-state index contributed by atoms with van der Waals surface area (Å²) >= 11 is 0. The van der Waals surface area contributed by atoms with Crippen molar-refractivity contribution >= 4 is 11.5 Å². The van der Waals surface area contributed by atoms with E-state index in [4.69, 9.17) is 14.6 Å². The minimum Gasteiger partial charge on any atom is -0.504 e. The molecule has 2 N–H and O–H groups in total. The van der Waals surface area contributed by atoms with Gasteiger partial charge in [0.25, 0.3) is 0 Å². The van der Waals surface area contributed by atoms with Crippen LogP contribution in [0.2, 0.25) is 0 Å². The SMILES string of the molecule is COc1ccc(/C(C)=C\C(=O)O)c(O)c1OC. The molecule has 0 saturated carbocycles. The van der Waals surface area contributed by atoms with Crippen LogP contribution in [0.4, 0.5) is 0 Å². The van der Waals surface area contributed by atoms with Crippen molar-refractivity contribution in [2.24, 2.45) is 0 Å². The highest BCUT2D eigenvalue weighted by Gasteiger charge is 2.15. The van der Waals surface area contributed by atoms with E-state index in [9.17, 15) is 9.90 Å². The lowest BCUT2D eigenvalue weighted by Crippen LogP contribution is -1.95. The zero-order valence-corrected chi connectivity index (χ0v) is 9.85. The first kappa shape index (κ1) is 12.9. The number of rotatable bonds is 4. The molecule has 1 rings (SSSR count). The van der Waals surface area contributed by atoms with Crippen LogP contribution in [0.3, 0.4) is 0 Å². The second-order valence-electron chi connectivity index (χ2n) is 3.36. The summed E-state index contributed by atoms with van der Waals surface area (Å²) in [5, 5.41) is 18.6. The summed E-state index contributed by atoms with van der Waals surface area (Å²) in [6.45, 7) is 1.59. The van der Waals surface area contributed by atoms with Crippen LogP contribution in [-0.2, 0) is 4.79 Å². The monoisotopic (exact) mass is 238 g/mol. The van der Waals surface area contributed by atoms with Crippen molar-refractivity contribution in [2.75, 3.05) is 14.2 Å². The van der Waals surface area contributed by atoms with Crippen LogP contribution in [0.5, 0.6) is 17.2 Å². The number of aliphatic carboxylic acids is 1. The first-order chi connectivity index (χ1) is 8.01. The van der Waals surface area contributed by atoms with Gasteiger partial charge in [0.15, 0.2) is 11.5 Å². The average Bonchev–Trinajstić information content (AvgIpc) is 2.27. The van der Waals surface area contributed by atoms with Crippen molar-refractivity contribution in [3.8, 4) is 17.2 Å². The molecule has 0 atom stereocenters. The van der Waals surface area contributed by atoms with Gasteiger partial charge >= 0.3 is 5.97 Å². The fourth-order valence-electron chi connectivity index (χ4n) is 1.49. The van der Waals surface area contributed by atoms with Gasteiger partial charge in [-0.1, -0.05) is 0 Å². The van der Waals surface area contributed by atoms with Crippen LogP contribution in [0.25, 0.3) is 5.57 Å². The van der Waals surface area contributed by atoms with Crippen molar-refractivity contribution in [1.29, 1.82) is 0 Å². The van der Waals surface area contributed by atoms with Crippen LogP contribution < -0.4 is 9.47 Å². The molecule has 92 valence electrons. The lowest BCUT2D eigenvalue weighted by molar-refractivity contribution is -0.131. The van der Waals surface area contributed by atoms with E-state index in [0.29, 0.717) is 16.9 Å². The molecule has 0 aliphatic rings. The minimum atomic E-state index is -1.07. The molecule has 5 nitrogen and oxygen atoms in total. The third-order valence-electron chi connectivity index (χ3n) is 2.28. The third-order valence-corrected chi connectivity index (χ3v) is 2.28. The predicted octanol–water partition coefficient (Wildman–Crippen LogP) is 1.90. The number of benzene rings is 1. The molecule has 0 unspecified atom stereocenters. The van der Waals surface area contributed by atoms with Gasteiger partial charge in [-0.3, -0.25) is 0 Å². The number of phenolic OH excluding ortho intramolecular Hbond substituents is 1. The highest BCUT2D eigenvalue weighted by Crippen LogP contribution is 2.41. The highest BCUT2D eigenvalue weighted by molar-refractivity contribution is 5.91. The molecule has 0 bridgehead atoms. The number of ether oxygens (including phenoxy) is 2. The molecule has 17 heavy (non-hydrogen) atoms. The number of allylic oxidation sites excluding steroid dienone is 1. The topological polar surface area (TPSA) is 76.0 Å². The van der Waals surface area contributed by atoms with Crippen LogP contribution in [0.15, 0.2) is 18.2 Å². The molecule has 0 radical (unpaired) electrons. The molecular weight excluding hydrogens is 224 g/mol. The van der Waals surface area contributed by atoms with E-state index >= 15 is 0 Å². The standard InChI is InChI=1S/C12H14O5/c1-7(6-10(13)14)8-4-5-9(16-2)12(17-3)11(8)15/h4-6,15H,1-3H3,(H,13,14)/b7-6-. The molecule has 0 fully saturated rings. The van der Waals surface area contributed by atoms with E-state index in [0.717, 1.165) is 6.08 Å². The van der Waals surface area contributed by atoms with Crippen molar-refractivity contribution in [3.05, 3.63) is 23.8 Å². The molecule has 0 saturated heterocycles. The Morgan fingerprint density at radius 3 is 2.41 bits per heavy atom. The minimum absolute atomic E-state index is 0.137. The number of carboxylic acid groups (broad SMARTS) is 1. The van der Waals surface area contributed by atoms with Gasteiger partial charge in [-0.25, -0.2) is 4.79 Å². The van der Waals surface area contributed by atoms with Gasteiger partial charge < -0.3 is 19.7 Å². The number of methoxy groups -OCH3 is 2. The van der Waals surface area contributed by atoms with E-state index in [-0.39, 0.29) is 11.5 Å². The highest BCUT2D eigenvalue weighted by atomic mass is 16.5. The maximum atomic E-state index is 10.6. The van der Waals surface area contributed by atoms with Gasteiger partial charge in [0.2, 0.25) is 5.75 Å². The molecular formula is C12H14O5. The molecule has 1 aromatic rings. The third kappa shape index (κ3) is 2.69. The van der Waals surface area contributed by atoms with Gasteiger partial charge in [0.05, 0.1) is 14.2 Å². The van der Waals surface area contributed by atoms with Crippen molar-refractivity contribution in [1.82, 2.24) is 0 Å². The van der Waals surface area contributed by atoms with Crippen LogP contribution in [-0.4, -0.2) is 30.4 Å². The van der Waals surface area contributed by atoms with E-state index in [2.05, 4.69) is 0 Å². The smallest absolute Gasteiger partial charge is 0.328 e. The first-order valence-corrected chi connectivity index (χ1v) is 4.86. The summed E-state index contributed by atoms with van der Waals surface area (Å²) in [6.07, 6.45) is 1.01. The second kappa shape index (κ2) is 5.25. The average molecular weight is 238 g/mol. The number of phenols is 1. The zero-order valence-electron chi connectivity index (χ0n) is 9.85. The largest absolute Gasteiger partial charge is 0.504 e. The Labute approximate surface area is 98.9 Å². The summed E-state index contributed by atoms with van der Waals surface area (Å²) in [5.41, 5.74) is 0.820. The predicted molar refractivity (Wildman–Crippen MR) is 62.5 cm³/mol. The zero-order chi connectivity index (χ0) is 13.0. The summed E-state index contributed by atoms with van der Waals surface area (Å²) in [4.78, 5) is 10.6. The van der Waals surface area contributed by atoms with Crippen molar-refractivity contribution in [2.45, 2.75) is 6.92 Å². The molecule has 0 spiro atoms. The van der Waals surface area contributed by atoms with Crippen LogP contribution in [0, 0.1) is 0 Å². The second-order valence-corrected chi connectivity index (χ2v) is 3.36. The van der Waals surface area contributed by atoms with Crippen LogP contribution >= 0.6 is 0 Å². The van der Waals surface area contributed by atoms with Crippen LogP contribution in [0.1, 0.15) is 12.5 Å². The van der Waals surface area contributed by atoms with Gasteiger partial charge in [-0.05, 0) is 24.6 Å². The molecule has 0 aromatic heterocycles. The Kier molecular flexibility index (Phi) is 3.98. The molecule has 0 heterocycles. The number of aromatic hydroxyl groups is 1. The molecule has 0 aliphatic carbocycles. The van der Waals surface area contributed by atoms with E-state index in [1.807, 2.05) is 0 Å². The quantitative estimate of drug-likeness (QED) is 0.783. The maximum absolute atomic E-state index is 10.6. The molecule has 0 aliphatic heterocycles. The molecule has 1 aromatic carbocycles. The van der Waals surface area contributed by atoms with E-state index < -0.39 is 5.97 Å². The fraction of sp³-hybridized carbons (Fsp3) is 0.250. The Morgan fingerprint density at radius 2 is 1.94 bits per heavy atom. The fourth-order valence-corrected chi connectivity index (χ4v) is 1.49. The summed E-state index contributed by atoms with van der Waals surface area (Å²) in [6, 6.07) is 3.18. The first-order valence-electron chi connectivity index (χ1n) is 4.86. The van der Waals surface area contributed by atoms with Gasteiger partial charge in [0.1, 0.15) is 0 Å². The Hall–Kier alpha value is -2.17. The van der Waals surface area contributed by atoms with Gasteiger partial charge in [-0.15, -0.1) is 0 Å². The Balaban J connectivity index is 3.33. The molecule has 0 amide bonds. The number of carbonyl (C=O) groups is 1. The number of hydrogen-bond acceptors (Lipinski definition) is 4. The lowest BCUT2D eigenvalue weighted by atomic mass is 10.0. The number of hydrogen-bond donors (Lipinski definition) is 2. The van der Waals surface area contributed by atoms with Crippen molar-refractivity contribution < 1.29 is 24.5 Å². The maximum Gasteiger partial charge on any atom is 0.328 e. The molecule has 5 heteroatoms. The Bertz CT molecular complexity index is 462. The van der Waals surface area contributed by atoms with Crippen molar-refractivity contribution in [3.63, 3.8) is 0 Å². The van der Waals surface area contributed by atoms with Gasteiger partial charge in [0, 0.05) is 11.6 Å². The summed E-state index contributed by atoms with van der Waals surface area (Å²) < 4.78 is 10.0. The number of carboxylic acids is 1. The summed E-state index contributed by atoms with van der Waals surface area (Å²) in [7, 11) is 2.86. The van der Waals surface area contributed by atoms with Gasteiger partial charge in [-0.2, -0.15) is 0 Å². The summed E-state index contributed by atoms with van der Waals surface area (Å²) in [5.74, 6) is -0.640. The van der Waals surface area contributed by atoms with E-state index in [1.54, 1.807) is 19.1 Å². The Morgan fingerprint density at radius 1 is 1.29 bits per heavy atom. The van der Waals surface area contributed by atoms with E-state index in [1.165, 1.54) is 14.2 Å². The lowest BCUT2D eigenvalue weighted by Gasteiger charge is -2.12.